The smallest absolute Gasteiger partial charge is 0.266 e. The maximum Gasteiger partial charge on any atom is 0.266 e. The average Bonchev–Trinajstić information content (AvgIpc) is 3.07. The van der Waals surface area contributed by atoms with Gasteiger partial charge < -0.3 is 5.32 Å². The topological polar surface area (TPSA) is 67.2 Å². The Kier molecular flexibility index (Phi) is 6.45. The monoisotopic (exact) mass is 394 g/mol. The molecule has 8 heteroatoms. The summed E-state index contributed by atoms with van der Waals surface area (Å²) in [5.41, 5.74) is 0.758. The van der Waals surface area contributed by atoms with Crippen LogP contribution in [-0.2, 0) is 6.54 Å². The fraction of sp³-hybridized carbons (Fsp3) is 0.500. The van der Waals surface area contributed by atoms with Crippen molar-refractivity contribution in [1.82, 2.24) is 20.0 Å². The first-order chi connectivity index (χ1) is 12.5. The standard InChI is InChI=1S/C18H23ClN4O2S/c1-13-5-8-17(24)23(21-13)11-10-22-9-3-2-4-14(22)12-20-18(25)15-6-7-16(19)26-15/h5-8,14H,2-4,9-12H2,1H3,(H,20,25). The van der Waals surface area contributed by atoms with E-state index in [0.717, 1.165) is 38.0 Å². The average molecular weight is 395 g/mol. The third-order valence-electron chi connectivity index (χ3n) is 4.64. The number of nitrogens with one attached hydrogen (secondary N) is 1. The van der Waals surface area contributed by atoms with Gasteiger partial charge >= 0.3 is 0 Å². The summed E-state index contributed by atoms with van der Waals surface area (Å²) in [5, 5.41) is 7.31. The molecule has 1 atom stereocenters. The minimum absolute atomic E-state index is 0.0768. The molecule has 1 unspecified atom stereocenters. The van der Waals surface area contributed by atoms with Gasteiger partial charge in [0.25, 0.3) is 11.5 Å². The van der Waals surface area contributed by atoms with Gasteiger partial charge in [0, 0.05) is 25.2 Å². The lowest BCUT2D eigenvalue weighted by Gasteiger charge is -2.35. The predicted molar refractivity (Wildman–Crippen MR) is 104 cm³/mol. The number of thiophene rings is 1. The van der Waals surface area contributed by atoms with Gasteiger partial charge in [-0.25, -0.2) is 4.68 Å². The van der Waals surface area contributed by atoms with E-state index in [1.165, 1.54) is 16.0 Å². The highest BCUT2D eigenvalue weighted by Gasteiger charge is 2.23. The van der Waals surface area contributed by atoms with E-state index in [9.17, 15) is 9.59 Å². The number of aromatic nitrogens is 2. The number of aryl methyl sites for hydroxylation is 1. The van der Waals surface area contributed by atoms with Crippen LogP contribution in [0.15, 0.2) is 29.1 Å². The quantitative estimate of drug-likeness (QED) is 0.817. The molecule has 1 saturated heterocycles. The molecule has 0 saturated carbocycles. The Labute approximate surface area is 161 Å². The number of carbonyl (C=O) groups excluding carboxylic acids is 1. The SMILES string of the molecule is Cc1ccc(=O)n(CCN2CCCCC2CNC(=O)c2ccc(Cl)s2)n1. The summed E-state index contributed by atoms with van der Waals surface area (Å²) in [6, 6.07) is 7.05. The molecule has 3 heterocycles. The molecule has 0 aromatic carbocycles. The van der Waals surface area contributed by atoms with Gasteiger partial charge in [-0.3, -0.25) is 14.5 Å². The number of rotatable bonds is 6. The van der Waals surface area contributed by atoms with Crippen LogP contribution in [0.4, 0.5) is 0 Å². The highest BCUT2D eigenvalue weighted by Crippen LogP contribution is 2.21. The molecule has 1 amide bonds. The molecule has 26 heavy (non-hydrogen) atoms. The minimum atomic E-state index is -0.0796. The van der Waals surface area contributed by atoms with Crippen molar-refractivity contribution in [2.45, 2.75) is 38.8 Å². The van der Waals surface area contributed by atoms with E-state index in [0.29, 0.717) is 22.3 Å². The summed E-state index contributed by atoms with van der Waals surface area (Å²) < 4.78 is 2.14. The lowest BCUT2D eigenvalue weighted by Crippen LogP contribution is -2.48. The van der Waals surface area contributed by atoms with Crippen molar-refractivity contribution in [2.24, 2.45) is 0 Å². The van der Waals surface area contributed by atoms with Crippen LogP contribution in [0.5, 0.6) is 0 Å². The molecule has 1 fully saturated rings. The first kappa shape index (κ1) is 19.1. The molecule has 0 bridgehead atoms. The Morgan fingerprint density at radius 2 is 2.15 bits per heavy atom. The van der Waals surface area contributed by atoms with Gasteiger partial charge in [0.2, 0.25) is 0 Å². The number of nitrogens with zero attached hydrogens (tertiary/aromatic N) is 3. The number of amides is 1. The van der Waals surface area contributed by atoms with Crippen LogP contribution in [0.2, 0.25) is 4.34 Å². The molecule has 0 radical (unpaired) electrons. The van der Waals surface area contributed by atoms with E-state index in [2.05, 4.69) is 15.3 Å². The van der Waals surface area contributed by atoms with Crippen LogP contribution < -0.4 is 10.9 Å². The summed E-state index contributed by atoms with van der Waals surface area (Å²) >= 11 is 7.18. The predicted octanol–water partition coefficient (Wildman–Crippen LogP) is 2.55. The zero-order valence-electron chi connectivity index (χ0n) is 14.8. The van der Waals surface area contributed by atoms with Crippen LogP contribution in [0, 0.1) is 6.92 Å². The van der Waals surface area contributed by atoms with Crippen molar-refractivity contribution in [1.29, 1.82) is 0 Å². The molecule has 2 aromatic rings. The van der Waals surface area contributed by atoms with Crippen LogP contribution in [-0.4, -0.2) is 46.3 Å². The Morgan fingerprint density at radius 1 is 1.31 bits per heavy atom. The maximum atomic E-state index is 12.2. The van der Waals surface area contributed by atoms with E-state index in [1.807, 2.05) is 6.92 Å². The minimum Gasteiger partial charge on any atom is -0.350 e. The normalized spacial score (nSPS) is 18.0. The third kappa shape index (κ3) is 4.93. The van der Waals surface area contributed by atoms with Gasteiger partial charge in [0.1, 0.15) is 0 Å². The zero-order chi connectivity index (χ0) is 18.5. The van der Waals surface area contributed by atoms with E-state index in [-0.39, 0.29) is 17.5 Å². The fourth-order valence-electron chi connectivity index (χ4n) is 3.25. The van der Waals surface area contributed by atoms with E-state index in [1.54, 1.807) is 24.3 Å². The number of carbonyl (C=O) groups is 1. The van der Waals surface area contributed by atoms with Crippen LogP contribution >= 0.6 is 22.9 Å². The Morgan fingerprint density at radius 3 is 2.92 bits per heavy atom. The molecule has 140 valence electrons. The second-order valence-corrected chi connectivity index (χ2v) is 8.25. The Hall–Kier alpha value is -1.70. The molecular weight excluding hydrogens is 372 g/mol. The second kappa shape index (κ2) is 8.79. The summed E-state index contributed by atoms with van der Waals surface area (Å²) in [5.74, 6) is -0.0796. The van der Waals surface area contributed by atoms with Crippen molar-refractivity contribution >= 4 is 28.8 Å². The number of piperidine rings is 1. The highest BCUT2D eigenvalue weighted by atomic mass is 35.5. The fourth-order valence-corrected chi connectivity index (χ4v) is 4.21. The van der Waals surface area contributed by atoms with Crippen molar-refractivity contribution in [3.8, 4) is 0 Å². The van der Waals surface area contributed by atoms with Crippen LogP contribution in [0.1, 0.15) is 34.6 Å². The van der Waals surface area contributed by atoms with Gasteiger partial charge in [-0.05, 0) is 44.5 Å². The summed E-state index contributed by atoms with van der Waals surface area (Å²) in [6.07, 6.45) is 3.34. The summed E-state index contributed by atoms with van der Waals surface area (Å²) in [7, 11) is 0. The molecule has 1 N–H and O–H groups in total. The highest BCUT2D eigenvalue weighted by molar-refractivity contribution is 7.17. The summed E-state index contributed by atoms with van der Waals surface area (Å²) in [6.45, 7) is 4.77. The Balaban J connectivity index is 1.56. The lowest BCUT2D eigenvalue weighted by molar-refractivity contribution is 0.0913. The van der Waals surface area contributed by atoms with Gasteiger partial charge in [-0.1, -0.05) is 18.0 Å². The molecular formula is C18H23ClN4O2S. The molecule has 6 nitrogen and oxygen atoms in total. The van der Waals surface area contributed by atoms with E-state index < -0.39 is 0 Å². The van der Waals surface area contributed by atoms with Gasteiger partial charge in [-0.2, -0.15) is 5.10 Å². The lowest BCUT2D eigenvalue weighted by atomic mass is 10.0. The van der Waals surface area contributed by atoms with E-state index in [4.69, 9.17) is 11.6 Å². The van der Waals surface area contributed by atoms with E-state index >= 15 is 0 Å². The van der Waals surface area contributed by atoms with Gasteiger partial charge in [0.15, 0.2) is 0 Å². The number of hydrogen-bond donors (Lipinski definition) is 1. The van der Waals surface area contributed by atoms with Crippen molar-refractivity contribution in [2.75, 3.05) is 19.6 Å². The molecule has 1 aliphatic rings. The molecule has 1 aliphatic heterocycles. The first-order valence-electron chi connectivity index (χ1n) is 8.85. The number of hydrogen-bond acceptors (Lipinski definition) is 5. The third-order valence-corrected chi connectivity index (χ3v) is 5.87. The van der Waals surface area contributed by atoms with Crippen molar-refractivity contribution < 1.29 is 4.79 Å². The Bertz CT molecular complexity index is 820. The molecule has 2 aromatic heterocycles. The van der Waals surface area contributed by atoms with Crippen LogP contribution in [0.3, 0.4) is 0 Å². The maximum absolute atomic E-state index is 12.2. The van der Waals surface area contributed by atoms with Crippen molar-refractivity contribution in [3.63, 3.8) is 0 Å². The molecule has 0 aliphatic carbocycles. The molecule has 0 spiro atoms. The molecule has 3 rings (SSSR count). The number of halogens is 1. The van der Waals surface area contributed by atoms with Crippen LogP contribution in [0.25, 0.3) is 0 Å². The van der Waals surface area contributed by atoms with Gasteiger partial charge in [0.05, 0.1) is 21.5 Å². The van der Waals surface area contributed by atoms with Crippen molar-refractivity contribution in [3.05, 3.63) is 49.5 Å². The first-order valence-corrected chi connectivity index (χ1v) is 10.0. The number of likely N-dealkylation sites (tertiary alicyclic amines) is 1. The largest absolute Gasteiger partial charge is 0.350 e. The zero-order valence-corrected chi connectivity index (χ0v) is 16.4. The van der Waals surface area contributed by atoms with Gasteiger partial charge in [-0.15, -0.1) is 11.3 Å². The second-order valence-electron chi connectivity index (χ2n) is 6.54. The summed E-state index contributed by atoms with van der Waals surface area (Å²) in [4.78, 5) is 27.1.